The van der Waals surface area contributed by atoms with Gasteiger partial charge in [0.15, 0.2) is 6.10 Å². The van der Waals surface area contributed by atoms with Crippen molar-refractivity contribution in [2.75, 3.05) is 19.6 Å². The van der Waals surface area contributed by atoms with Gasteiger partial charge < -0.3 is 9.64 Å². The molecule has 2 aromatic rings. The summed E-state index contributed by atoms with van der Waals surface area (Å²) < 4.78 is 42.6. The summed E-state index contributed by atoms with van der Waals surface area (Å²) in [5.41, 5.74) is 1.65. The summed E-state index contributed by atoms with van der Waals surface area (Å²) in [5, 5.41) is 1.61. The van der Waals surface area contributed by atoms with Crippen LogP contribution in [-0.2, 0) is 11.3 Å². The molecule has 0 radical (unpaired) electrons. The second-order valence-electron chi connectivity index (χ2n) is 8.42. The van der Waals surface area contributed by atoms with Gasteiger partial charge in [0.05, 0.1) is 16.2 Å². The van der Waals surface area contributed by atoms with Crippen molar-refractivity contribution in [3.8, 4) is 0 Å². The molecule has 1 amide bonds. The Morgan fingerprint density at radius 1 is 1.19 bits per heavy atom. The molecule has 1 spiro atoms. The summed E-state index contributed by atoms with van der Waals surface area (Å²) in [6, 6.07) is 9.73. The maximum Gasteiger partial charge on any atom is 0.425 e. The Balaban J connectivity index is 1.41. The highest BCUT2D eigenvalue weighted by Gasteiger charge is 2.45. The normalized spacial score (nSPS) is 20.4. The highest BCUT2D eigenvalue weighted by molar-refractivity contribution is 6.35. The summed E-state index contributed by atoms with van der Waals surface area (Å²) in [7, 11) is 0. The fourth-order valence-electron chi connectivity index (χ4n) is 4.64. The predicted octanol–water partition coefficient (Wildman–Crippen LogP) is 5.41. The first-order valence-electron chi connectivity index (χ1n) is 10.5. The molecule has 2 aliphatic heterocycles. The molecule has 4 rings (SSSR count). The molecular formula is C22H25ClF3N3O2. The van der Waals surface area contributed by atoms with Crippen LogP contribution in [0.4, 0.5) is 18.0 Å². The van der Waals surface area contributed by atoms with Gasteiger partial charge in [0.2, 0.25) is 0 Å². The molecule has 9 heteroatoms. The van der Waals surface area contributed by atoms with E-state index in [1.54, 1.807) is 0 Å². The number of benzene rings is 1. The van der Waals surface area contributed by atoms with Crippen LogP contribution in [-0.4, -0.2) is 58.3 Å². The largest absolute Gasteiger partial charge is 0.437 e. The minimum atomic E-state index is -4.55. The molecule has 1 atom stereocenters. The number of rotatable bonds is 3. The van der Waals surface area contributed by atoms with E-state index in [2.05, 4.69) is 9.64 Å². The third kappa shape index (κ3) is 4.60. The minimum Gasteiger partial charge on any atom is -0.437 e. The fraction of sp³-hybridized carbons (Fsp3) is 0.545. The van der Waals surface area contributed by atoms with E-state index in [9.17, 15) is 18.0 Å². The number of pyridine rings is 1. The molecule has 0 saturated carbocycles. The van der Waals surface area contributed by atoms with Gasteiger partial charge in [-0.2, -0.15) is 13.2 Å². The predicted molar refractivity (Wildman–Crippen MR) is 112 cm³/mol. The number of piperidine rings is 1. The number of hydrogen-bond donors (Lipinski definition) is 0. The van der Waals surface area contributed by atoms with E-state index in [0.29, 0.717) is 37.5 Å². The first kappa shape index (κ1) is 22.1. The Kier molecular flexibility index (Phi) is 6.05. The summed E-state index contributed by atoms with van der Waals surface area (Å²) in [6.07, 6.45) is -4.09. The van der Waals surface area contributed by atoms with Crippen molar-refractivity contribution in [3.63, 3.8) is 0 Å². The zero-order valence-corrected chi connectivity index (χ0v) is 18.0. The van der Waals surface area contributed by atoms with Crippen LogP contribution in [0.1, 0.15) is 38.3 Å². The SMILES string of the molecule is CC(OC(=O)N1CCC2(CCCN2Cc2ccc3cccc(Cl)c3n2)CC1)C(F)(F)F. The van der Waals surface area contributed by atoms with Gasteiger partial charge in [0.1, 0.15) is 0 Å². The number of aromatic nitrogens is 1. The number of para-hydroxylation sites is 1. The molecular weight excluding hydrogens is 431 g/mol. The highest BCUT2D eigenvalue weighted by atomic mass is 35.5. The third-order valence-electron chi connectivity index (χ3n) is 6.51. The number of hydrogen-bond acceptors (Lipinski definition) is 4. The van der Waals surface area contributed by atoms with Gasteiger partial charge in [-0.05, 0) is 51.3 Å². The number of amides is 1. The van der Waals surface area contributed by atoms with Crippen LogP contribution in [0.3, 0.4) is 0 Å². The van der Waals surface area contributed by atoms with Crippen molar-refractivity contribution < 1.29 is 22.7 Å². The maximum absolute atomic E-state index is 12.7. The first-order chi connectivity index (χ1) is 14.7. The summed E-state index contributed by atoms with van der Waals surface area (Å²) in [4.78, 5) is 20.7. The second-order valence-corrected chi connectivity index (χ2v) is 8.83. The highest BCUT2D eigenvalue weighted by Crippen LogP contribution is 2.39. The number of nitrogens with zero attached hydrogens (tertiary/aromatic N) is 3. The molecule has 1 unspecified atom stereocenters. The van der Waals surface area contributed by atoms with E-state index >= 15 is 0 Å². The van der Waals surface area contributed by atoms with Gasteiger partial charge >= 0.3 is 12.3 Å². The fourth-order valence-corrected chi connectivity index (χ4v) is 4.86. The minimum absolute atomic E-state index is 0.0659. The van der Waals surface area contributed by atoms with E-state index in [1.165, 1.54) is 4.90 Å². The Labute approximate surface area is 184 Å². The van der Waals surface area contributed by atoms with Crippen LogP contribution < -0.4 is 0 Å². The molecule has 5 nitrogen and oxygen atoms in total. The number of ether oxygens (including phenoxy) is 1. The van der Waals surface area contributed by atoms with E-state index < -0.39 is 18.4 Å². The van der Waals surface area contributed by atoms with Crippen LogP contribution in [0.2, 0.25) is 5.02 Å². The van der Waals surface area contributed by atoms with Gasteiger partial charge in [-0.25, -0.2) is 9.78 Å². The smallest absolute Gasteiger partial charge is 0.425 e. The Hall–Kier alpha value is -2.06. The zero-order chi connectivity index (χ0) is 22.2. The van der Waals surface area contributed by atoms with Gasteiger partial charge in [-0.1, -0.05) is 29.8 Å². The summed E-state index contributed by atoms with van der Waals surface area (Å²) >= 11 is 6.30. The van der Waals surface area contributed by atoms with Crippen LogP contribution in [0.5, 0.6) is 0 Å². The molecule has 0 N–H and O–H groups in total. The van der Waals surface area contributed by atoms with Gasteiger partial charge in [-0.15, -0.1) is 0 Å². The third-order valence-corrected chi connectivity index (χ3v) is 6.82. The molecule has 2 fully saturated rings. The van der Waals surface area contributed by atoms with Gasteiger partial charge in [0.25, 0.3) is 0 Å². The standard InChI is InChI=1S/C22H25ClF3N3O2/c1-15(22(24,25)26)31-20(30)28-12-9-21(10-13-28)8-3-11-29(21)14-17-7-6-16-4-2-5-18(23)19(16)27-17/h2,4-7,15H,3,8-14H2,1H3. The van der Waals surface area contributed by atoms with Gasteiger partial charge in [0, 0.05) is 30.6 Å². The Morgan fingerprint density at radius 3 is 2.65 bits per heavy atom. The van der Waals surface area contributed by atoms with E-state index in [-0.39, 0.29) is 5.54 Å². The summed E-state index contributed by atoms with van der Waals surface area (Å²) in [5.74, 6) is 0. The maximum atomic E-state index is 12.7. The van der Waals surface area contributed by atoms with Crippen molar-refractivity contribution in [1.29, 1.82) is 0 Å². The van der Waals surface area contributed by atoms with Crippen molar-refractivity contribution in [3.05, 3.63) is 41.0 Å². The molecule has 31 heavy (non-hydrogen) atoms. The van der Waals surface area contributed by atoms with Crippen LogP contribution in [0.15, 0.2) is 30.3 Å². The van der Waals surface area contributed by atoms with E-state index in [0.717, 1.165) is 42.9 Å². The number of likely N-dealkylation sites (tertiary alicyclic amines) is 2. The lowest BCUT2D eigenvalue weighted by molar-refractivity contribution is -0.200. The lowest BCUT2D eigenvalue weighted by Crippen LogP contribution is -2.53. The van der Waals surface area contributed by atoms with E-state index in [4.69, 9.17) is 16.6 Å². The van der Waals surface area contributed by atoms with Gasteiger partial charge in [-0.3, -0.25) is 4.90 Å². The molecule has 3 heterocycles. The zero-order valence-electron chi connectivity index (χ0n) is 17.3. The molecule has 1 aromatic carbocycles. The number of fused-ring (bicyclic) bond motifs is 1. The second kappa shape index (κ2) is 8.47. The summed E-state index contributed by atoms with van der Waals surface area (Å²) in [6.45, 7) is 3.23. The molecule has 168 valence electrons. The molecule has 1 aromatic heterocycles. The van der Waals surface area contributed by atoms with Crippen molar-refractivity contribution in [1.82, 2.24) is 14.8 Å². The molecule has 2 aliphatic rings. The quantitative estimate of drug-likeness (QED) is 0.621. The van der Waals surface area contributed by atoms with Crippen LogP contribution in [0, 0.1) is 0 Å². The number of alkyl halides is 3. The number of halogens is 4. The molecule has 0 bridgehead atoms. The van der Waals surface area contributed by atoms with E-state index in [1.807, 2.05) is 30.3 Å². The lowest BCUT2D eigenvalue weighted by atomic mass is 9.85. The number of carbonyl (C=O) groups is 1. The van der Waals surface area contributed by atoms with Crippen molar-refractivity contribution in [2.24, 2.45) is 0 Å². The molecule has 0 aliphatic carbocycles. The average Bonchev–Trinajstić information content (AvgIpc) is 3.10. The Bertz CT molecular complexity index is 961. The molecule has 2 saturated heterocycles. The monoisotopic (exact) mass is 455 g/mol. The number of carbonyl (C=O) groups excluding carboxylic acids is 1. The van der Waals surface area contributed by atoms with Crippen molar-refractivity contribution in [2.45, 2.75) is 57.0 Å². The van der Waals surface area contributed by atoms with Crippen LogP contribution >= 0.6 is 11.6 Å². The first-order valence-corrected chi connectivity index (χ1v) is 10.9. The van der Waals surface area contributed by atoms with Crippen LogP contribution in [0.25, 0.3) is 10.9 Å². The van der Waals surface area contributed by atoms with Crippen molar-refractivity contribution >= 4 is 28.6 Å². The lowest BCUT2D eigenvalue weighted by Gasteiger charge is -2.44. The topological polar surface area (TPSA) is 45.7 Å². The Morgan fingerprint density at radius 2 is 1.94 bits per heavy atom. The average molecular weight is 456 g/mol.